The van der Waals surface area contributed by atoms with Crippen LogP contribution in [0.15, 0.2) is 60.7 Å². The molecule has 3 rings (SSSR count). The van der Waals surface area contributed by atoms with E-state index in [9.17, 15) is 13.6 Å². The van der Waals surface area contributed by atoms with Crippen molar-refractivity contribution >= 4 is 16.7 Å². The maximum absolute atomic E-state index is 12.6. The van der Waals surface area contributed by atoms with Gasteiger partial charge in [-0.15, -0.1) is 0 Å². The van der Waals surface area contributed by atoms with Gasteiger partial charge >= 0.3 is 6.61 Å². The molecule has 3 aromatic carbocycles. The molecule has 3 aromatic rings. The first-order valence-corrected chi connectivity index (χ1v) is 9.38. The molecule has 0 aliphatic heterocycles. The Hall–Kier alpha value is -3.15. The number of carbonyl (C=O) groups excluding carboxylic acids is 1. The lowest BCUT2D eigenvalue weighted by Crippen LogP contribution is -2.27. The monoisotopic (exact) mass is 399 g/mol. The second kappa shape index (κ2) is 9.37. The van der Waals surface area contributed by atoms with Gasteiger partial charge in [0, 0.05) is 13.6 Å². The molecule has 152 valence electrons. The third kappa shape index (κ3) is 5.44. The van der Waals surface area contributed by atoms with Gasteiger partial charge < -0.3 is 14.4 Å². The summed E-state index contributed by atoms with van der Waals surface area (Å²) in [5, 5.41) is 2.23. The number of hydrogen-bond acceptors (Lipinski definition) is 3. The van der Waals surface area contributed by atoms with Crippen molar-refractivity contribution in [1.29, 1.82) is 0 Å². The Bertz CT molecular complexity index is 991. The summed E-state index contributed by atoms with van der Waals surface area (Å²) in [6, 6.07) is 18.7. The van der Waals surface area contributed by atoms with Gasteiger partial charge in [0.05, 0.1) is 13.0 Å². The molecule has 0 heterocycles. The van der Waals surface area contributed by atoms with Crippen molar-refractivity contribution in [3.8, 4) is 11.5 Å². The number of nitrogens with zero attached hydrogens (tertiary/aromatic N) is 1. The molecule has 29 heavy (non-hydrogen) atoms. The fraction of sp³-hybridized carbons (Fsp3) is 0.261. The van der Waals surface area contributed by atoms with Crippen LogP contribution >= 0.6 is 0 Å². The smallest absolute Gasteiger partial charge is 0.387 e. The number of hydrogen-bond donors (Lipinski definition) is 0. The van der Waals surface area contributed by atoms with Gasteiger partial charge in [-0.2, -0.15) is 8.78 Å². The van der Waals surface area contributed by atoms with E-state index in [4.69, 9.17) is 4.74 Å². The molecule has 0 spiro atoms. The van der Waals surface area contributed by atoms with Crippen LogP contribution in [-0.4, -0.2) is 31.1 Å². The van der Waals surface area contributed by atoms with Crippen molar-refractivity contribution in [1.82, 2.24) is 4.90 Å². The molecule has 4 nitrogen and oxygen atoms in total. The molecule has 0 aromatic heterocycles. The Labute approximate surface area is 168 Å². The fourth-order valence-corrected chi connectivity index (χ4v) is 3.13. The Morgan fingerprint density at radius 2 is 1.69 bits per heavy atom. The Morgan fingerprint density at radius 1 is 0.966 bits per heavy atom. The molecule has 0 fully saturated rings. The summed E-state index contributed by atoms with van der Waals surface area (Å²) in [5.74, 6) is 0.183. The van der Waals surface area contributed by atoms with Gasteiger partial charge in [0.2, 0.25) is 5.91 Å². The van der Waals surface area contributed by atoms with E-state index in [0.29, 0.717) is 13.2 Å². The lowest BCUT2D eigenvalue weighted by molar-refractivity contribution is -0.129. The Balaban J connectivity index is 1.68. The molecule has 6 heteroatoms. The third-order valence-corrected chi connectivity index (χ3v) is 4.54. The van der Waals surface area contributed by atoms with Crippen molar-refractivity contribution in [3.63, 3.8) is 0 Å². The molecule has 0 unspecified atom stereocenters. The fourth-order valence-electron chi connectivity index (χ4n) is 3.13. The second-order valence-corrected chi connectivity index (χ2v) is 6.70. The molecule has 0 aliphatic rings. The summed E-state index contributed by atoms with van der Waals surface area (Å²) < 4.78 is 34.9. The van der Waals surface area contributed by atoms with Crippen LogP contribution in [-0.2, 0) is 17.8 Å². The number of carbonyl (C=O) groups is 1. The molecular weight excluding hydrogens is 376 g/mol. The topological polar surface area (TPSA) is 38.8 Å². The first kappa shape index (κ1) is 20.6. The summed E-state index contributed by atoms with van der Waals surface area (Å²) in [4.78, 5) is 14.3. The predicted octanol–water partition coefficient (Wildman–Crippen LogP) is 5.04. The highest BCUT2D eigenvalue weighted by Crippen LogP contribution is 2.30. The number of likely N-dealkylation sites (N-methyl/N-ethyl adjacent to an activating group) is 1. The normalized spacial score (nSPS) is 10.9. The molecule has 0 atom stereocenters. The predicted molar refractivity (Wildman–Crippen MR) is 108 cm³/mol. The lowest BCUT2D eigenvalue weighted by atomic mass is 10.0. The largest absolute Gasteiger partial charge is 0.490 e. The maximum Gasteiger partial charge on any atom is 0.387 e. The SMILES string of the molecule is CCOc1cc(CN(C)C(=O)Cc2ccc3ccccc3c2)ccc1OC(F)F. The molecule has 1 amide bonds. The lowest BCUT2D eigenvalue weighted by Gasteiger charge is -2.19. The van der Waals surface area contributed by atoms with Crippen LogP contribution in [0.5, 0.6) is 11.5 Å². The molecule has 0 aliphatic carbocycles. The average molecular weight is 399 g/mol. The number of ether oxygens (including phenoxy) is 2. The highest BCUT2D eigenvalue weighted by atomic mass is 19.3. The van der Waals surface area contributed by atoms with Crippen molar-refractivity contribution in [3.05, 3.63) is 71.8 Å². The number of alkyl halides is 2. The zero-order valence-corrected chi connectivity index (χ0v) is 16.4. The molecule has 0 radical (unpaired) electrons. The van der Waals surface area contributed by atoms with Gasteiger partial charge in [0.25, 0.3) is 0 Å². The number of rotatable bonds is 8. The molecule has 0 saturated heterocycles. The zero-order valence-electron chi connectivity index (χ0n) is 16.4. The highest BCUT2D eigenvalue weighted by molar-refractivity contribution is 5.85. The first-order valence-electron chi connectivity index (χ1n) is 9.38. The van der Waals surface area contributed by atoms with Crippen LogP contribution in [0.4, 0.5) is 8.78 Å². The van der Waals surface area contributed by atoms with Crippen LogP contribution in [0.2, 0.25) is 0 Å². The van der Waals surface area contributed by atoms with E-state index in [0.717, 1.165) is 21.9 Å². The van der Waals surface area contributed by atoms with Crippen molar-refractivity contribution in [2.24, 2.45) is 0 Å². The number of halogens is 2. The minimum atomic E-state index is -2.92. The van der Waals surface area contributed by atoms with E-state index < -0.39 is 6.61 Å². The summed E-state index contributed by atoms with van der Waals surface area (Å²) in [6.45, 7) is -0.509. The first-order chi connectivity index (χ1) is 14.0. The van der Waals surface area contributed by atoms with E-state index in [1.54, 1.807) is 31.0 Å². The van der Waals surface area contributed by atoms with Gasteiger partial charge in [-0.25, -0.2) is 0 Å². The Morgan fingerprint density at radius 3 is 2.41 bits per heavy atom. The maximum atomic E-state index is 12.6. The van der Waals surface area contributed by atoms with Gasteiger partial charge in [-0.05, 0) is 41.0 Å². The summed E-state index contributed by atoms with van der Waals surface area (Å²) in [7, 11) is 1.72. The van der Waals surface area contributed by atoms with Crippen LogP contribution < -0.4 is 9.47 Å². The molecular formula is C23H23F2NO3. The van der Waals surface area contributed by atoms with Gasteiger partial charge in [0.15, 0.2) is 11.5 Å². The standard InChI is InChI=1S/C23H23F2NO3/c1-3-28-21-13-17(9-11-20(21)29-23(24)25)15-26(2)22(27)14-16-8-10-18-6-4-5-7-19(18)12-16/h4-13,23H,3,14-15H2,1-2H3. The van der Waals surface area contributed by atoms with E-state index in [1.807, 2.05) is 42.5 Å². The summed E-state index contributed by atoms with van der Waals surface area (Å²) >= 11 is 0. The van der Waals surface area contributed by atoms with Crippen molar-refractivity contribution in [2.45, 2.75) is 26.5 Å². The highest BCUT2D eigenvalue weighted by Gasteiger charge is 2.15. The Kier molecular flexibility index (Phi) is 6.65. The van der Waals surface area contributed by atoms with Crippen LogP contribution in [0, 0.1) is 0 Å². The van der Waals surface area contributed by atoms with Crippen LogP contribution in [0.1, 0.15) is 18.1 Å². The van der Waals surface area contributed by atoms with E-state index in [1.165, 1.54) is 6.07 Å². The second-order valence-electron chi connectivity index (χ2n) is 6.70. The molecule has 0 bridgehead atoms. The number of amides is 1. The zero-order chi connectivity index (χ0) is 20.8. The quantitative estimate of drug-likeness (QED) is 0.533. The summed E-state index contributed by atoms with van der Waals surface area (Å²) in [6.07, 6.45) is 0.284. The average Bonchev–Trinajstić information content (AvgIpc) is 2.69. The van der Waals surface area contributed by atoms with E-state index >= 15 is 0 Å². The molecule has 0 N–H and O–H groups in total. The van der Waals surface area contributed by atoms with Gasteiger partial charge in [-0.3, -0.25) is 4.79 Å². The van der Waals surface area contributed by atoms with Gasteiger partial charge in [0.1, 0.15) is 0 Å². The van der Waals surface area contributed by atoms with Crippen molar-refractivity contribution in [2.75, 3.05) is 13.7 Å². The van der Waals surface area contributed by atoms with Gasteiger partial charge in [-0.1, -0.05) is 48.5 Å². The van der Waals surface area contributed by atoms with Crippen LogP contribution in [0.25, 0.3) is 10.8 Å². The minimum absolute atomic E-state index is 0.0178. The van der Waals surface area contributed by atoms with E-state index in [-0.39, 0.29) is 23.8 Å². The van der Waals surface area contributed by atoms with E-state index in [2.05, 4.69) is 4.74 Å². The third-order valence-electron chi connectivity index (χ3n) is 4.54. The number of fused-ring (bicyclic) bond motifs is 1. The minimum Gasteiger partial charge on any atom is -0.490 e. The number of benzene rings is 3. The van der Waals surface area contributed by atoms with Crippen molar-refractivity contribution < 1.29 is 23.0 Å². The summed E-state index contributed by atoms with van der Waals surface area (Å²) in [5.41, 5.74) is 1.71. The van der Waals surface area contributed by atoms with Crippen LogP contribution in [0.3, 0.4) is 0 Å². The molecule has 0 saturated carbocycles.